The van der Waals surface area contributed by atoms with Gasteiger partial charge in [0.2, 0.25) is 11.8 Å². The lowest BCUT2D eigenvalue weighted by Gasteiger charge is -2.23. The zero-order chi connectivity index (χ0) is 21.7. The smallest absolute Gasteiger partial charge is 0.326 e. The standard InChI is InChI=1S/C20H26ClN5O4/c1-23-14-18(28)26(20(23)30)10-3-7-17(27)24-8-4-9-25(12-11-24)19(29)22-16-6-2-5-15(21)13-16/h2,5-6,13H,3-4,7-12,14H2,1H3,(H,22,29). The number of halogens is 1. The van der Waals surface area contributed by atoms with Crippen LogP contribution in [0.3, 0.4) is 0 Å². The fourth-order valence-electron chi connectivity index (χ4n) is 3.57. The lowest BCUT2D eigenvalue weighted by molar-refractivity contribution is -0.132. The third kappa shape index (κ3) is 5.41. The fourth-order valence-corrected chi connectivity index (χ4v) is 3.76. The lowest BCUT2D eigenvalue weighted by atomic mass is 10.2. The van der Waals surface area contributed by atoms with Crippen molar-refractivity contribution in [3.05, 3.63) is 29.3 Å². The minimum atomic E-state index is -0.316. The Balaban J connectivity index is 1.44. The van der Waals surface area contributed by atoms with Gasteiger partial charge in [0.15, 0.2) is 0 Å². The molecule has 2 aliphatic heterocycles. The predicted octanol–water partition coefficient (Wildman–Crippen LogP) is 2.08. The van der Waals surface area contributed by atoms with Gasteiger partial charge in [-0.05, 0) is 31.0 Å². The Kier molecular flexibility index (Phi) is 7.15. The maximum Gasteiger partial charge on any atom is 0.326 e. The highest BCUT2D eigenvalue weighted by atomic mass is 35.5. The molecular weight excluding hydrogens is 410 g/mol. The largest absolute Gasteiger partial charge is 0.341 e. The summed E-state index contributed by atoms with van der Waals surface area (Å²) in [5.74, 6) is -0.259. The van der Waals surface area contributed by atoms with Crippen LogP contribution in [-0.2, 0) is 9.59 Å². The van der Waals surface area contributed by atoms with E-state index < -0.39 is 0 Å². The van der Waals surface area contributed by atoms with Crippen molar-refractivity contribution in [2.45, 2.75) is 19.3 Å². The number of benzene rings is 1. The molecule has 1 aromatic carbocycles. The summed E-state index contributed by atoms with van der Waals surface area (Å²) in [6.07, 6.45) is 1.37. The topological polar surface area (TPSA) is 93.3 Å². The average Bonchev–Trinajstić information content (AvgIpc) is 2.89. The molecule has 2 fully saturated rings. The molecule has 0 unspecified atom stereocenters. The minimum Gasteiger partial charge on any atom is -0.341 e. The Morgan fingerprint density at radius 1 is 1.10 bits per heavy atom. The molecule has 1 aromatic rings. The van der Waals surface area contributed by atoms with E-state index in [0.717, 1.165) is 0 Å². The third-order valence-electron chi connectivity index (χ3n) is 5.22. The first-order valence-electron chi connectivity index (χ1n) is 10.00. The summed E-state index contributed by atoms with van der Waals surface area (Å²) in [5, 5.41) is 3.37. The summed E-state index contributed by atoms with van der Waals surface area (Å²) < 4.78 is 0. The van der Waals surface area contributed by atoms with Gasteiger partial charge in [-0.3, -0.25) is 14.5 Å². The Morgan fingerprint density at radius 3 is 2.53 bits per heavy atom. The average molecular weight is 436 g/mol. The lowest BCUT2D eigenvalue weighted by Crippen LogP contribution is -2.39. The molecule has 3 rings (SSSR count). The summed E-state index contributed by atoms with van der Waals surface area (Å²) in [5.41, 5.74) is 0.626. The molecule has 10 heteroatoms. The van der Waals surface area contributed by atoms with E-state index in [9.17, 15) is 19.2 Å². The summed E-state index contributed by atoms with van der Waals surface area (Å²) in [4.78, 5) is 54.7. The molecule has 0 bridgehead atoms. The van der Waals surface area contributed by atoms with Crippen LogP contribution in [0.2, 0.25) is 5.02 Å². The highest BCUT2D eigenvalue weighted by molar-refractivity contribution is 6.30. The molecular formula is C20H26ClN5O4. The molecule has 0 saturated carbocycles. The number of anilines is 1. The Bertz CT molecular complexity index is 833. The van der Waals surface area contributed by atoms with Crippen molar-refractivity contribution in [3.8, 4) is 0 Å². The number of urea groups is 2. The van der Waals surface area contributed by atoms with E-state index >= 15 is 0 Å². The number of hydrogen-bond donors (Lipinski definition) is 1. The molecule has 0 atom stereocenters. The van der Waals surface area contributed by atoms with Crippen molar-refractivity contribution < 1.29 is 19.2 Å². The van der Waals surface area contributed by atoms with Gasteiger partial charge in [0.1, 0.15) is 6.54 Å². The Hall–Kier alpha value is -2.81. The zero-order valence-corrected chi connectivity index (χ0v) is 17.7. The summed E-state index contributed by atoms with van der Waals surface area (Å²) >= 11 is 5.95. The van der Waals surface area contributed by atoms with E-state index in [4.69, 9.17) is 11.6 Å². The SMILES string of the molecule is CN1CC(=O)N(CCCC(=O)N2CCCN(C(=O)Nc3cccc(Cl)c3)CC2)C1=O. The van der Waals surface area contributed by atoms with Crippen LogP contribution in [0.4, 0.5) is 15.3 Å². The van der Waals surface area contributed by atoms with Crippen molar-refractivity contribution in [3.63, 3.8) is 0 Å². The van der Waals surface area contributed by atoms with Crippen LogP contribution in [0.25, 0.3) is 0 Å². The van der Waals surface area contributed by atoms with E-state index in [2.05, 4.69) is 5.32 Å². The molecule has 6 amide bonds. The molecule has 0 aromatic heterocycles. The number of rotatable bonds is 5. The van der Waals surface area contributed by atoms with Crippen molar-refractivity contribution in [2.75, 3.05) is 51.6 Å². The molecule has 2 heterocycles. The molecule has 30 heavy (non-hydrogen) atoms. The molecule has 9 nitrogen and oxygen atoms in total. The maximum atomic E-state index is 12.6. The Morgan fingerprint density at radius 2 is 1.83 bits per heavy atom. The summed E-state index contributed by atoms with van der Waals surface area (Å²) in [6.45, 7) is 2.35. The molecule has 0 radical (unpaired) electrons. The zero-order valence-electron chi connectivity index (χ0n) is 17.0. The van der Waals surface area contributed by atoms with Gasteiger partial charge in [0.05, 0.1) is 0 Å². The fraction of sp³-hybridized carbons (Fsp3) is 0.500. The molecule has 162 valence electrons. The second-order valence-electron chi connectivity index (χ2n) is 7.45. The van der Waals surface area contributed by atoms with E-state index in [1.807, 2.05) is 0 Å². The molecule has 0 aliphatic carbocycles. The maximum absolute atomic E-state index is 12.6. The van der Waals surface area contributed by atoms with Gasteiger partial charge in [-0.25, -0.2) is 9.59 Å². The van der Waals surface area contributed by atoms with Crippen LogP contribution >= 0.6 is 11.6 Å². The summed E-state index contributed by atoms with van der Waals surface area (Å²) in [6, 6.07) is 6.42. The minimum absolute atomic E-state index is 0.0282. The van der Waals surface area contributed by atoms with Gasteiger partial charge in [0, 0.05) is 56.9 Å². The number of carbonyl (C=O) groups is 4. The molecule has 2 aliphatic rings. The van der Waals surface area contributed by atoms with Crippen LogP contribution in [0.15, 0.2) is 24.3 Å². The van der Waals surface area contributed by atoms with E-state index in [1.165, 1.54) is 9.80 Å². The van der Waals surface area contributed by atoms with Crippen molar-refractivity contribution in [1.82, 2.24) is 19.6 Å². The van der Waals surface area contributed by atoms with Crippen molar-refractivity contribution in [1.29, 1.82) is 0 Å². The Labute approximate surface area is 180 Å². The van der Waals surface area contributed by atoms with Gasteiger partial charge in [0.25, 0.3) is 0 Å². The number of nitrogens with zero attached hydrogens (tertiary/aromatic N) is 4. The predicted molar refractivity (Wildman–Crippen MR) is 112 cm³/mol. The van der Waals surface area contributed by atoms with E-state index in [-0.39, 0.29) is 43.4 Å². The normalized spacial score (nSPS) is 17.4. The number of amides is 6. The van der Waals surface area contributed by atoms with Gasteiger partial charge in [-0.15, -0.1) is 0 Å². The van der Waals surface area contributed by atoms with Crippen LogP contribution < -0.4 is 5.32 Å². The van der Waals surface area contributed by atoms with Crippen LogP contribution in [0, 0.1) is 0 Å². The first-order chi connectivity index (χ1) is 14.3. The molecule has 0 spiro atoms. The van der Waals surface area contributed by atoms with Crippen LogP contribution in [0.5, 0.6) is 0 Å². The highest BCUT2D eigenvalue weighted by Gasteiger charge is 2.33. The van der Waals surface area contributed by atoms with Gasteiger partial charge in [-0.1, -0.05) is 17.7 Å². The van der Waals surface area contributed by atoms with E-state index in [0.29, 0.717) is 49.7 Å². The number of likely N-dealkylation sites (N-methyl/N-ethyl adjacent to an activating group) is 1. The summed E-state index contributed by atoms with van der Waals surface area (Å²) in [7, 11) is 1.58. The van der Waals surface area contributed by atoms with Crippen LogP contribution in [-0.4, -0.2) is 89.8 Å². The van der Waals surface area contributed by atoms with E-state index in [1.54, 1.807) is 41.1 Å². The monoisotopic (exact) mass is 435 g/mol. The first kappa shape index (κ1) is 21.9. The van der Waals surface area contributed by atoms with Gasteiger partial charge >= 0.3 is 12.1 Å². The number of nitrogens with one attached hydrogen (secondary N) is 1. The molecule has 1 N–H and O–H groups in total. The quantitative estimate of drug-likeness (QED) is 0.716. The molecule has 2 saturated heterocycles. The van der Waals surface area contributed by atoms with Crippen molar-refractivity contribution in [2.24, 2.45) is 0 Å². The number of imide groups is 1. The second-order valence-corrected chi connectivity index (χ2v) is 7.89. The first-order valence-corrected chi connectivity index (χ1v) is 10.4. The van der Waals surface area contributed by atoms with Crippen molar-refractivity contribution >= 4 is 41.2 Å². The number of carbonyl (C=O) groups excluding carboxylic acids is 4. The van der Waals surface area contributed by atoms with Crippen LogP contribution in [0.1, 0.15) is 19.3 Å². The third-order valence-corrected chi connectivity index (χ3v) is 5.45. The highest BCUT2D eigenvalue weighted by Crippen LogP contribution is 2.16. The second kappa shape index (κ2) is 9.80. The van der Waals surface area contributed by atoms with Gasteiger partial charge < -0.3 is 20.0 Å². The number of hydrogen-bond acceptors (Lipinski definition) is 4. The van der Waals surface area contributed by atoms with Gasteiger partial charge in [-0.2, -0.15) is 0 Å².